The predicted molar refractivity (Wildman–Crippen MR) is 69.8 cm³/mol. The fourth-order valence-electron chi connectivity index (χ4n) is 2.50. The summed E-state index contributed by atoms with van der Waals surface area (Å²) in [5, 5.41) is 8.99. The molecule has 0 atom stereocenters. The summed E-state index contributed by atoms with van der Waals surface area (Å²) in [6, 6.07) is 9.29. The van der Waals surface area contributed by atoms with Crippen LogP contribution in [-0.2, 0) is 19.6 Å². The fraction of sp³-hybridized carbons (Fsp3) is 0.267. The van der Waals surface area contributed by atoms with Crippen molar-refractivity contribution in [3.63, 3.8) is 0 Å². The van der Waals surface area contributed by atoms with Crippen LogP contribution < -0.4 is 0 Å². The molecule has 4 heteroatoms. The molecular weight excluding hydrogens is 242 g/mol. The number of carboxylic acids is 1. The second-order valence-corrected chi connectivity index (χ2v) is 4.95. The summed E-state index contributed by atoms with van der Waals surface area (Å²) >= 11 is 0. The second-order valence-electron chi connectivity index (χ2n) is 4.95. The number of aryl methyl sites for hydroxylation is 1. The number of hydrogen-bond donors (Lipinski definition) is 1. The van der Waals surface area contributed by atoms with E-state index in [4.69, 9.17) is 9.52 Å². The van der Waals surface area contributed by atoms with E-state index < -0.39 is 5.97 Å². The highest BCUT2D eigenvalue weighted by Gasteiger charge is 2.21. The molecule has 0 aliphatic carbocycles. The molecule has 1 aliphatic rings. The molecule has 0 saturated heterocycles. The first-order valence-corrected chi connectivity index (χ1v) is 6.24. The van der Waals surface area contributed by atoms with Crippen LogP contribution in [0.5, 0.6) is 0 Å². The van der Waals surface area contributed by atoms with Crippen LogP contribution in [-0.4, -0.2) is 16.0 Å². The summed E-state index contributed by atoms with van der Waals surface area (Å²) in [7, 11) is 0. The van der Waals surface area contributed by atoms with Crippen molar-refractivity contribution in [2.24, 2.45) is 0 Å². The molecule has 0 spiro atoms. The zero-order valence-electron chi connectivity index (χ0n) is 10.7. The number of carbonyl (C=O) groups is 1. The number of benzene rings is 1. The van der Waals surface area contributed by atoms with Gasteiger partial charge in [-0.3, -0.25) is 4.90 Å². The van der Waals surface area contributed by atoms with Gasteiger partial charge in [-0.25, -0.2) is 4.79 Å². The zero-order chi connectivity index (χ0) is 13.4. The van der Waals surface area contributed by atoms with Crippen molar-refractivity contribution in [1.29, 1.82) is 0 Å². The fourth-order valence-corrected chi connectivity index (χ4v) is 2.50. The van der Waals surface area contributed by atoms with E-state index in [0.717, 1.165) is 36.7 Å². The van der Waals surface area contributed by atoms with Gasteiger partial charge in [0.1, 0.15) is 11.5 Å². The molecule has 0 radical (unpaired) electrons. The lowest BCUT2D eigenvalue weighted by Gasteiger charge is -2.12. The minimum Gasteiger partial charge on any atom is -0.478 e. The lowest BCUT2D eigenvalue weighted by molar-refractivity contribution is 0.0696. The molecule has 1 N–H and O–H groups in total. The maximum Gasteiger partial charge on any atom is 0.335 e. The Morgan fingerprint density at radius 3 is 2.74 bits per heavy atom. The quantitative estimate of drug-likeness (QED) is 0.918. The van der Waals surface area contributed by atoms with Crippen LogP contribution in [0.15, 0.2) is 34.7 Å². The van der Waals surface area contributed by atoms with E-state index in [-0.39, 0.29) is 0 Å². The summed E-state index contributed by atoms with van der Waals surface area (Å²) in [6.45, 7) is 4.30. The highest BCUT2D eigenvalue weighted by molar-refractivity contribution is 5.87. The molecule has 3 rings (SSSR count). The van der Waals surface area contributed by atoms with E-state index >= 15 is 0 Å². The van der Waals surface area contributed by atoms with E-state index in [9.17, 15) is 4.79 Å². The normalized spacial score (nSPS) is 14.6. The van der Waals surface area contributed by atoms with E-state index in [1.165, 1.54) is 5.56 Å². The van der Waals surface area contributed by atoms with Gasteiger partial charge in [-0.1, -0.05) is 6.07 Å². The van der Waals surface area contributed by atoms with Gasteiger partial charge in [0, 0.05) is 13.1 Å². The Bertz CT molecular complexity index is 630. The van der Waals surface area contributed by atoms with Crippen LogP contribution in [0.2, 0.25) is 0 Å². The minimum absolute atomic E-state index is 0.356. The van der Waals surface area contributed by atoms with Crippen molar-refractivity contribution in [3.8, 4) is 0 Å². The van der Waals surface area contributed by atoms with E-state index in [2.05, 4.69) is 4.90 Å². The van der Waals surface area contributed by atoms with Gasteiger partial charge in [-0.2, -0.15) is 0 Å². The van der Waals surface area contributed by atoms with Crippen molar-refractivity contribution >= 4 is 5.97 Å². The van der Waals surface area contributed by atoms with Gasteiger partial charge in [0.2, 0.25) is 0 Å². The van der Waals surface area contributed by atoms with Crippen LogP contribution in [0.4, 0.5) is 0 Å². The number of carboxylic acid groups (broad SMARTS) is 1. The Hall–Kier alpha value is -2.07. The molecule has 1 aromatic carbocycles. The predicted octanol–water partition coefficient (Wildman–Crippen LogP) is 2.80. The number of nitrogens with zero attached hydrogens (tertiary/aromatic N) is 1. The lowest BCUT2D eigenvalue weighted by Crippen LogP contribution is -2.15. The van der Waals surface area contributed by atoms with Crippen LogP contribution in [0.3, 0.4) is 0 Å². The van der Waals surface area contributed by atoms with Crippen molar-refractivity contribution in [2.75, 3.05) is 0 Å². The maximum absolute atomic E-state index is 10.9. The van der Waals surface area contributed by atoms with E-state index in [1.807, 2.05) is 25.1 Å². The largest absolute Gasteiger partial charge is 0.478 e. The van der Waals surface area contributed by atoms with Crippen LogP contribution in [0.1, 0.15) is 33.0 Å². The molecule has 1 aromatic heterocycles. The van der Waals surface area contributed by atoms with Crippen LogP contribution >= 0.6 is 0 Å². The summed E-state index contributed by atoms with van der Waals surface area (Å²) in [5.41, 5.74) is 2.66. The third-order valence-corrected chi connectivity index (χ3v) is 3.42. The monoisotopic (exact) mass is 257 g/mol. The Balaban J connectivity index is 1.75. The highest BCUT2D eigenvalue weighted by atomic mass is 16.4. The van der Waals surface area contributed by atoms with Crippen molar-refractivity contribution in [3.05, 3.63) is 58.5 Å². The van der Waals surface area contributed by atoms with Gasteiger partial charge in [-0.15, -0.1) is 0 Å². The molecule has 19 heavy (non-hydrogen) atoms. The van der Waals surface area contributed by atoms with Gasteiger partial charge in [0.25, 0.3) is 0 Å². The van der Waals surface area contributed by atoms with E-state index in [1.54, 1.807) is 12.1 Å². The van der Waals surface area contributed by atoms with Crippen LogP contribution in [0, 0.1) is 6.92 Å². The summed E-state index contributed by atoms with van der Waals surface area (Å²) in [6.07, 6.45) is 0. The molecule has 98 valence electrons. The Morgan fingerprint density at radius 2 is 2.05 bits per heavy atom. The topological polar surface area (TPSA) is 53.7 Å². The maximum atomic E-state index is 10.9. The highest BCUT2D eigenvalue weighted by Crippen LogP contribution is 2.25. The molecule has 1 aliphatic heterocycles. The van der Waals surface area contributed by atoms with E-state index in [0.29, 0.717) is 5.56 Å². The average Bonchev–Trinajstić information content (AvgIpc) is 2.94. The molecule has 0 saturated carbocycles. The Kier molecular flexibility index (Phi) is 2.87. The minimum atomic E-state index is -0.872. The summed E-state index contributed by atoms with van der Waals surface area (Å²) in [5.74, 6) is 0.992. The van der Waals surface area contributed by atoms with Gasteiger partial charge in [0.05, 0.1) is 12.1 Å². The average molecular weight is 257 g/mol. The van der Waals surface area contributed by atoms with Gasteiger partial charge >= 0.3 is 5.97 Å². The van der Waals surface area contributed by atoms with Crippen molar-refractivity contribution in [1.82, 2.24) is 4.90 Å². The zero-order valence-corrected chi connectivity index (χ0v) is 10.7. The number of fused-ring (bicyclic) bond motifs is 1. The Labute approximate surface area is 111 Å². The first-order chi connectivity index (χ1) is 9.11. The SMILES string of the molecule is Cc1ccc(CN2Cc3ccc(C(=O)O)cc3C2)o1. The number of rotatable bonds is 3. The number of aromatic carboxylic acids is 1. The van der Waals surface area contributed by atoms with Gasteiger partial charge in [0.15, 0.2) is 0 Å². The van der Waals surface area contributed by atoms with Crippen molar-refractivity contribution in [2.45, 2.75) is 26.6 Å². The number of furan rings is 1. The molecule has 0 amide bonds. The molecule has 0 bridgehead atoms. The van der Waals surface area contributed by atoms with Crippen molar-refractivity contribution < 1.29 is 14.3 Å². The van der Waals surface area contributed by atoms with Gasteiger partial charge in [-0.05, 0) is 42.3 Å². The molecule has 4 nitrogen and oxygen atoms in total. The molecule has 0 unspecified atom stereocenters. The lowest BCUT2D eigenvalue weighted by atomic mass is 10.1. The smallest absolute Gasteiger partial charge is 0.335 e. The first kappa shape index (κ1) is 12.0. The Morgan fingerprint density at radius 1 is 1.26 bits per heavy atom. The van der Waals surface area contributed by atoms with Crippen LogP contribution in [0.25, 0.3) is 0 Å². The molecule has 2 aromatic rings. The third-order valence-electron chi connectivity index (χ3n) is 3.42. The summed E-state index contributed by atoms with van der Waals surface area (Å²) < 4.78 is 5.57. The van der Waals surface area contributed by atoms with Gasteiger partial charge < -0.3 is 9.52 Å². The summed E-state index contributed by atoms with van der Waals surface area (Å²) in [4.78, 5) is 13.2. The molecular formula is C15H15NO3. The molecule has 2 heterocycles. The standard InChI is InChI=1S/C15H15NO3/c1-10-2-5-14(19-10)9-16-7-12-4-3-11(15(17)18)6-13(12)8-16/h2-6H,7-9H2,1H3,(H,17,18). The second kappa shape index (κ2) is 4.55. The molecule has 0 fully saturated rings. The number of hydrogen-bond acceptors (Lipinski definition) is 3. The third kappa shape index (κ3) is 2.39. The first-order valence-electron chi connectivity index (χ1n) is 6.24.